The number of nitrogens with one attached hydrogen (secondary N) is 1. The number of nitrogens with zero attached hydrogens (tertiary/aromatic N) is 1. The molecule has 1 aromatic rings. The first-order valence-electron chi connectivity index (χ1n) is 7.62. The van der Waals surface area contributed by atoms with E-state index < -0.39 is 17.8 Å². The first kappa shape index (κ1) is 14.5. The molecule has 1 saturated carbocycles. The number of urea groups is 1. The normalized spacial score (nSPS) is 22.1. The summed E-state index contributed by atoms with van der Waals surface area (Å²) in [5.41, 5.74) is 0.787. The molecule has 2 fully saturated rings. The van der Waals surface area contributed by atoms with E-state index in [1.54, 1.807) is 6.08 Å². The number of carbonyl (C=O) groups is 3. The Morgan fingerprint density at radius 3 is 2.36 bits per heavy atom. The van der Waals surface area contributed by atoms with Crippen molar-refractivity contribution in [3.63, 3.8) is 0 Å². The molecule has 4 amide bonds. The van der Waals surface area contributed by atoms with Gasteiger partial charge >= 0.3 is 6.03 Å². The zero-order chi connectivity index (χ0) is 15.5. The highest BCUT2D eigenvalue weighted by atomic mass is 16.2. The second kappa shape index (κ2) is 6.13. The Morgan fingerprint density at radius 1 is 1.00 bits per heavy atom. The molecule has 0 unspecified atom stereocenters. The van der Waals surface area contributed by atoms with Crippen molar-refractivity contribution in [3.8, 4) is 0 Å². The molecule has 114 valence electrons. The van der Waals surface area contributed by atoms with Crippen LogP contribution in [0.2, 0.25) is 0 Å². The van der Waals surface area contributed by atoms with E-state index in [1.165, 1.54) is 4.90 Å². The molecule has 0 spiro atoms. The average molecular weight is 298 g/mol. The van der Waals surface area contributed by atoms with Crippen molar-refractivity contribution in [1.29, 1.82) is 0 Å². The highest BCUT2D eigenvalue weighted by molar-refractivity contribution is 6.31. The lowest BCUT2D eigenvalue weighted by Gasteiger charge is -2.35. The molecule has 0 aromatic heterocycles. The van der Waals surface area contributed by atoms with E-state index in [2.05, 4.69) is 5.32 Å². The molecule has 0 atom stereocenters. The fraction of sp³-hybridized carbons (Fsp3) is 0.353. The number of hydrogen-bond acceptors (Lipinski definition) is 3. The standard InChI is InChI=1S/C17H18N2O3/c20-15-14(11-12-7-3-1-4-8-12)16(21)19(17(22)18-15)13-9-5-2-6-10-13/h1,3-4,7-8,11,13H,2,5-6,9-10H2,(H,18,20,22). The number of carbonyl (C=O) groups excluding carboxylic acids is 3. The topological polar surface area (TPSA) is 66.5 Å². The van der Waals surface area contributed by atoms with Crippen LogP contribution < -0.4 is 5.32 Å². The van der Waals surface area contributed by atoms with E-state index in [1.807, 2.05) is 30.3 Å². The van der Waals surface area contributed by atoms with E-state index in [9.17, 15) is 14.4 Å². The molecule has 2 aliphatic rings. The maximum absolute atomic E-state index is 12.6. The highest BCUT2D eigenvalue weighted by Gasteiger charge is 2.39. The second-order valence-corrected chi connectivity index (χ2v) is 5.69. The van der Waals surface area contributed by atoms with E-state index in [0.29, 0.717) is 0 Å². The van der Waals surface area contributed by atoms with Gasteiger partial charge in [-0.25, -0.2) is 4.79 Å². The van der Waals surface area contributed by atoms with Crippen molar-refractivity contribution in [2.75, 3.05) is 0 Å². The molecular weight excluding hydrogens is 280 g/mol. The van der Waals surface area contributed by atoms with Gasteiger partial charge in [-0.3, -0.25) is 19.8 Å². The van der Waals surface area contributed by atoms with Crippen molar-refractivity contribution in [1.82, 2.24) is 10.2 Å². The average Bonchev–Trinajstić information content (AvgIpc) is 2.53. The first-order chi connectivity index (χ1) is 10.7. The molecule has 1 aromatic carbocycles. The van der Waals surface area contributed by atoms with Crippen LogP contribution in [0.3, 0.4) is 0 Å². The quantitative estimate of drug-likeness (QED) is 0.674. The lowest BCUT2D eigenvalue weighted by Crippen LogP contribution is -2.58. The van der Waals surface area contributed by atoms with Gasteiger partial charge in [-0.05, 0) is 24.5 Å². The third kappa shape index (κ3) is 2.79. The van der Waals surface area contributed by atoms with E-state index in [4.69, 9.17) is 0 Å². The van der Waals surface area contributed by atoms with Crippen LogP contribution in [0.1, 0.15) is 37.7 Å². The predicted molar refractivity (Wildman–Crippen MR) is 81.7 cm³/mol. The van der Waals surface area contributed by atoms with Gasteiger partial charge in [-0.2, -0.15) is 0 Å². The molecule has 1 aliphatic carbocycles. The fourth-order valence-electron chi connectivity index (χ4n) is 3.06. The van der Waals surface area contributed by atoms with Gasteiger partial charge in [-0.1, -0.05) is 49.6 Å². The maximum Gasteiger partial charge on any atom is 0.331 e. The zero-order valence-electron chi connectivity index (χ0n) is 12.2. The van der Waals surface area contributed by atoms with Crippen LogP contribution in [0.15, 0.2) is 35.9 Å². The van der Waals surface area contributed by atoms with Crippen LogP contribution in [0.4, 0.5) is 4.79 Å². The Balaban J connectivity index is 1.90. The number of hydrogen-bond donors (Lipinski definition) is 1. The van der Waals surface area contributed by atoms with Crippen LogP contribution in [-0.2, 0) is 9.59 Å². The smallest absolute Gasteiger partial charge is 0.273 e. The van der Waals surface area contributed by atoms with Gasteiger partial charge in [0.1, 0.15) is 5.57 Å². The Hall–Kier alpha value is -2.43. The molecule has 1 heterocycles. The summed E-state index contributed by atoms with van der Waals surface area (Å²) < 4.78 is 0. The van der Waals surface area contributed by atoms with Gasteiger partial charge in [0.2, 0.25) is 0 Å². The van der Waals surface area contributed by atoms with Crippen LogP contribution in [0.25, 0.3) is 6.08 Å². The summed E-state index contributed by atoms with van der Waals surface area (Å²) in [6.07, 6.45) is 6.31. The molecule has 1 N–H and O–H groups in total. The molecule has 1 aliphatic heterocycles. The van der Waals surface area contributed by atoms with Gasteiger partial charge in [0.25, 0.3) is 11.8 Å². The van der Waals surface area contributed by atoms with Gasteiger partial charge in [0.05, 0.1) is 0 Å². The third-order valence-electron chi connectivity index (χ3n) is 4.18. The first-order valence-corrected chi connectivity index (χ1v) is 7.62. The SMILES string of the molecule is O=C1NC(=O)N(C2CCCCC2)C(=O)C1=Cc1ccccc1. The van der Waals surface area contributed by atoms with Crippen LogP contribution in [0, 0.1) is 0 Å². The third-order valence-corrected chi connectivity index (χ3v) is 4.18. The lowest BCUT2D eigenvalue weighted by atomic mass is 9.93. The highest BCUT2D eigenvalue weighted by Crippen LogP contribution is 2.26. The zero-order valence-corrected chi connectivity index (χ0v) is 12.2. The Kier molecular flexibility index (Phi) is 4.04. The number of imide groups is 2. The summed E-state index contributed by atoms with van der Waals surface area (Å²) in [5, 5.41) is 2.29. The molecule has 5 nitrogen and oxygen atoms in total. The second-order valence-electron chi connectivity index (χ2n) is 5.69. The Bertz CT molecular complexity index is 631. The Labute approximate surface area is 129 Å². The summed E-state index contributed by atoms with van der Waals surface area (Å²) in [4.78, 5) is 37.9. The van der Waals surface area contributed by atoms with Gasteiger partial charge in [0.15, 0.2) is 0 Å². The van der Waals surface area contributed by atoms with Crippen molar-refractivity contribution >= 4 is 23.9 Å². The molecule has 0 bridgehead atoms. The van der Waals surface area contributed by atoms with Crippen LogP contribution in [0.5, 0.6) is 0 Å². The predicted octanol–water partition coefficient (Wildman–Crippen LogP) is 2.48. The minimum atomic E-state index is -0.620. The van der Waals surface area contributed by atoms with E-state index >= 15 is 0 Å². The van der Waals surface area contributed by atoms with Gasteiger partial charge in [0, 0.05) is 6.04 Å². The van der Waals surface area contributed by atoms with Crippen molar-refractivity contribution in [2.24, 2.45) is 0 Å². The van der Waals surface area contributed by atoms with Crippen LogP contribution in [-0.4, -0.2) is 28.8 Å². The maximum atomic E-state index is 12.6. The fourth-order valence-corrected chi connectivity index (χ4v) is 3.06. The van der Waals surface area contributed by atoms with Crippen molar-refractivity contribution < 1.29 is 14.4 Å². The van der Waals surface area contributed by atoms with Crippen LogP contribution >= 0.6 is 0 Å². The van der Waals surface area contributed by atoms with Gasteiger partial charge in [-0.15, -0.1) is 0 Å². The summed E-state index contributed by atoms with van der Waals surface area (Å²) in [6.45, 7) is 0. The summed E-state index contributed by atoms with van der Waals surface area (Å²) in [5.74, 6) is -1.10. The molecule has 3 rings (SSSR count). The van der Waals surface area contributed by atoms with Gasteiger partial charge < -0.3 is 0 Å². The van der Waals surface area contributed by atoms with Crippen molar-refractivity contribution in [2.45, 2.75) is 38.1 Å². The number of rotatable bonds is 2. The minimum Gasteiger partial charge on any atom is -0.273 e. The molecule has 22 heavy (non-hydrogen) atoms. The van der Waals surface area contributed by atoms with E-state index in [-0.39, 0.29) is 11.6 Å². The van der Waals surface area contributed by atoms with E-state index in [0.717, 1.165) is 37.7 Å². The summed E-state index contributed by atoms with van der Waals surface area (Å²) in [6, 6.07) is 8.47. The summed E-state index contributed by atoms with van der Waals surface area (Å²) in [7, 11) is 0. The lowest BCUT2D eigenvalue weighted by molar-refractivity contribution is -0.132. The van der Waals surface area contributed by atoms with Crippen molar-refractivity contribution in [3.05, 3.63) is 41.5 Å². The summed E-state index contributed by atoms with van der Waals surface area (Å²) >= 11 is 0. The number of benzene rings is 1. The number of barbiturate groups is 1. The Morgan fingerprint density at radius 2 is 1.68 bits per heavy atom. The monoisotopic (exact) mass is 298 g/mol. The largest absolute Gasteiger partial charge is 0.331 e. The molecule has 5 heteroatoms. The minimum absolute atomic E-state index is 0.0244. The molecule has 1 saturated heterocycles. The number of amides is 4. The molecular formula is C17H18N2O3. The molecule has 0 radical (unpaired) electrons.